The highest BCUT2D eigenvalue weighted by Crippen LogP contribution is 2.32. The molecule has 0 atom stereocenters. The minimum atomic E-state index is -0.693. The molecule has 5 rings (SSSR count). The van der Waals surface area contributed by atoms with E-state index in [0.717, 1.165) is 27.1 Å². The van der Waals surface area contributed by atoms with Crippen LogP contribution in [0.3, 0.4) is 0 Å². The van der Waals surface area contributed by atoms with E-state index in [1.807, 2.05) is 69.4 Å². The molecule has 0 amide bonds. The van der Waals surface area contributed by atoms with Crippen LogP contribution in [0.1, 0.15) is 37.9 Å². The standard InChI is InChI=1S/C29H26BrClN4O4/c1-16-13-21(17(2)34(16)26-18(3)33(5)35(28(26)37)20-9-7-6-8-10-20)24(36)15-39-29(38)27-25(31)22-14-19(30)11-12-23(22)32(27)4/h6-14H,15H2,1-5H3. The number of halogens is 2. The smallest absolute Gasteiger partial charge is 0.356 e. The molecular formula is C29H26BrClN4O4. The molecule has 0 fully saturated rings. The minimum absolute atomic E-state index is 0.171. The average Bonchev–Trinajstić information content (AvgIpc) is 3.43. The van der Waals surface area contributed by atoms with E-state index in [2.05, 4.69) is 15.9 Å². The van der Waals surface area contributed by atoms with E-state index in [9.17, 15) is 14.4 Å². The predicted molar refractivity (Wildman–Crippen MR) is 155 cm³/mol. The van der Waals surface area contributed by atoms with Gasteiger partial charge in [0.1, 0.15) is 11.4 Å². The third-order valence-corrected chi connectivity index (χ3v) is 7.98. The first-order valence-electron chi connectivity index (χ1n) is 12.2. The summed E-state index contributed by atoms with van der Waals surface area (Å²) in [4.78, 5) is 39.8. The van der Waals surface area contributed by atoms with Crippen molar-refractivity contribution in [1.82, 2.24) is 18.5 Å². The quantitative estimate of drug-likeness (QED) is 0.179. The van der Waals surface area contributed by atoms with Gasteiger partial charge in [0.2, 0.25) is 5.78 Å². The maximum Gasteiger partial charge on any atom is 0.356 e. The van der Waals surface area contributed by atoms with Crippen LogP contribution in [-0.4, -0.2) is 36.9 Å². The van der Waals surface area contributed by atoms with Gasteiger partial charge < -0.3 is 13.9 Å². The summed E-state index contributed by atoms with van der Waals surface area (Å²) in [5, 5.41) is 0.966. The summed E-state index contributed by atoms with van der Waals surface area (Å²) in [6, 6.07) is 16.6. The molecule has 0 saturated carbocycles. The Kier molecular flexibility index (Phi) is 6.90. The molecule has 0 N–H and O–H groups in total. The van der Waals surface area contributed by atoms with Gasteiger partial charge in [-0.05, 0) is 57.2 Å². The highest BCUT2D eigenvalue weighted by Gasteiger charge is 2.26. The molecule has 10 heteroatoms. The highest BCUT2D eigenvalue weighted by atomic mass is 79.9. The Labute approximate surface area is 238 Å². The first-order chi connectivity index (χ1) is 18.5. The minimum Gasteiger partial charge on any atom is -0.453 e. The van der Waals surface area contributed by atoms with Crippen LogP contribution in [0.5, 0.6) is 0 Å². The molecule has 3 aromatic heterocycles. The molecule has 0 unspecified atom stereocenters. The van der Waals surface area contributed by atoms with E-state index >= 15 is 0 Å². The molecule has 200 valence electrons. The maximum atomic E-state index is 13.6. The molecule has 0 saturated heterocycles. The Balaban J connectivity index is 1.44. The van der Waals surface area contributed by atoms with Gasteiger partial charge in [0, 0.05) is 40.9 Å². The van der Waals surface area contributed by atoms with E-state index in [-0.39, 0.29) is 22.1 Å². The van der Waals surface area contributed by atoms with Crippen LogP contribution in [0.2, 0.25) is 5.02 Å². The number of benzene rings is 2. The molecule has 0 aliphatic rings. The summed E-state index contributed by atoms with van der Waals surface area (Å²) in [7, 11) is 3.54. The van der Waals surface area contributed by atoms with Crippen LogP contribution in [-0.2, 0) is 18.8 Å². The largest absolute Gasteiger partial charge is 0.453 e. The van der Waals surface area contributed by atoms with Gasteiger partial charge in [0.05, 0.1) is 21.9 Å². The zero-order valence-corrected chi connectivity index (χ0v) is 24.4. The summed E-state index contributed by atoms with van der Waals surface area (Å²) in [5.74, 6) is -1.07. The van der Waals surface area contributed by atoms with Crippen molar-refractivity contribution in [2.24, 2.45) is 14.1 Å². The molecule has 0 radical (unpaired) electrons. The number of aryl methyl sites for hydroxylation is 2. The van der Waals surface area contributed by atoms with E-state index in [1.54, 1.807) is 38.5 Å². The SMILES string of the molecule is Cc1cc(C(=O)COC(=O)c2c(Cl)c3cc(Br)ccc3n2C)c(C)n1-c1c(C)n(C)n(-c2ccccc2)c1=O. The van der Waals surface area contributed by atoms with Gasteiger partial charge in [0.25, 0.3) is 5.56 Å². The molecule has 3 heterocycles. The lowest BCUT2D eigenvalue weighted by atomic mass is 10.1. The van der Waals surface area contributed by atoms with Gasteiger partial charge in [-0.1, -0.05) is 45.7 Å². The van der Waals surface area contributed by atoms with Gasteiger partial charge in [-0.2, -0.15) is 0 Å². The highest BCUT2D eigenvalue weighted by molar-refractivity contribution is 9.10. The summed E-state index contributed by atoms with van der Waals surface area (Å²) in [6.45, 7) is 5.01. The number of hydrogen-bond acceptors (Lipinski definition) is 4. The van der Waals surface area contributed by atoms with Gasteiger partial charge in [-0.3, -0.25) is 14.3 Å². The summed E-state index contributed by atoms with van der Waals surface area (Å²) >= 11 is 9.92. The first kappa shape index (κ1) is 26.8. The second-order valence-electron chi connectivity index (χ2n) is 9.41. The number of carbonyl (C=O) groups excluding carboxylic acids is 2. The number of para-hydroxylation sites is 1. The van der Waals surface area contributed by atoms with Crippen LogP contribution in [0.25, 0.3) is 22.3 Å². The number of ether oxygens (including phenoxy) is 1. The monoisotopic (exact) mass is 608 g/mol. The van der Waals surface area contributed by atoms with E-state index in [1.165, 1.54) is 0 Å². The van der Waals surface area contributed by atoms with Crippen molar-refractivity contribution < 1.29 is 14.3 Å². The number of fused-ring (bicyclic) bond motifs is 1. The third-order valence-electron chi connectivity index (χ3n) is 7.11. The molecule has 0 aliphatic heterocycles. The zero-order valence-electron chi connectivity index (χ0n) is 22.1. The predicted octanol–water partition coefficient (Wildman–Crippen LogP) is 5.84. The second kappa shape index (κ2) is 10.1. The van der Waals surface area contributed by atoms with E-state index < -0.39 is 12.6 Å². The number of nitrogens with zero attached hydrogens (tertiary/aromatic N) is 4. The van der Waals surface area contributed by atoms with E-state index in [0.29, 0.717) is 22.3 Å². The number of aromatic nitrogens is 4. The van der Waals surface area contributed by atoms with Gasteiger partial charge in [-0.25, -0.2) is 9.48 Å². The molecule has 0 aliphatic carbocycles. The topological polar surface area (TPSA) is 80.2 Å². The second-order valence-corrected chi connectivity index (χ2v) is 10.7. The van der Waals surface area contributed by atoms with Gasteiger partial charge in [0.15, 0.2) is 6.61 Å². The normalized spacial score (nSPS) is 11.4. The van der Waals surface area contributed by atoms with Crippen molar-refractivity contribution in [2.45, 2.75) is 20.8 Å². The Morgan fingerprint density at radius 1 is 0.974 bits per heavy atom. The fourth-order valence-corrected chi connectivity index (χ4v) is 5.79. The average molecular weight is 610 g/mol. The molecule has 39 heavy (non-hydrogen) atoms. The maximum absolute atomic E-state index is 13.6. The van der Waals surface area contributed by atoms with Crippen molar-refractivity contribution >= 4 is 50.2 Å². The van der Waals surface area contributed by atoms with Crippen molar-refractivity contribution in [3.63, 3.8) is 0 Å². The lowest BCUT2D eigenvalue weighted by Gasteiger charge is -2.09. The number of esters is 1. The van der Waals surface area contributed by atoms with Gasteiger partial charge >= 0.3 is 5.97 Å². The Morgan fingerprint density at radius 3 is 2.36 bits per heavy atom. The summed E-state index contributed by atoms with van der Waals surface area (Å²) < 4.78 is 13.1. The molecule has 5 aromatic rings. The van der Waals surface area contributed by atoms with Crippen LogP contribution < -0.4 is 5.56 Å². The summed E-state index contributed by atoms with van der Waals surface area (Å²) in [6.07, 6.45) is 0. The molecule has 0 bridgehead atoms. The number of ketones is 1. The Morgan fingerprint density at radius 2 is 1.67 bits per heavy atom. The Bertz CT molecular complexity index is 1840. The Hall–Kier alpha value is -3.82. The summed E-state index contributed by atoms with van der Waals surface area (Å²) in [5.41, 5.74) is 4.36. The van der Waals surface area contributed by atoms with Crippen LogP contribution in [0.15, 0.2) is 63.9 Å². The van der Waals surface area contributed by atoms with Crippen molar-refractivity contribution in [2.75, 3.05) is 6.61 Å². The first-order valence-corrected chi connectivity index (χ1v) is 13.4. The number of rotatable bonds is 6. The number of hydrogen-bond donors (Lipinski definition) is 0. The van der Waals surface area contributed by atoms with Crippen molar-refractivity contribution in [1.29, 1.82) is 0 Å². The molecule has 2 aromatic carbocycles. The van der Waals surface area contributed by atoms with Crippen LogP contribution in [0, 0.1) is 20.8 Å². The van der Waals surface area contributed by atoms with Gasteiger partial charge in [-0.15, -0.1) is 0 Å². The lowest BCUT2D eigenvalue weighted by molar-refractivity contribution is 0.0465. The van der Waals surface area contributed by atoms with E-state index in [4.69, 9.17) is 16.3 Å². The van der Waals surface area contributed by atoms with Crippen molar-refractivity contribution in [3.05, 3.63) is 103 Å². The molecule has 8 nitrogen and oxygen atoms in total. The van der Waals surface area contributed by atoms with Crippen LogP contribution in [0.4, 0.5) is 0 Å². The zero-order chi connectivity index (χ0) is 28.2. The number of Topliss-reactive ketones (excluding diaryl/α,β-unsaturated/α-hetero) is 1. The lowest BCUT2D eigenvalue weighted by Crippen LogP contribution is -2.22. The third kappa shape index (κ3) is 4.35. The molecular weight excluding hydrogens is 584 g/mol. The van der Waals surface area contributed by atoms with Crippen LogP contribution >= 0.6 is 27.5 Å². The van der Waals surface area contributed by atoms with Crippen molar-refractivity contribution in [3.8, 4) is 11.4 Å². The number of carbonyl (C=O) groups is 2. The fourth-order valence-electron chi connectivity index (χ4n) is 5.08. The molecule has 0 spiro atoms. The fraction of sp³-hybridized carbons (Fsp3) is 0.207.